The van der Waals surface area contributed by atoms with Crippen molar-refractivity contribution in [2.45, 2.75) is 13.5 Å². The van der Waals surface area contributed by atoms with Gasteiger partial charge in [0.1, 0.15) is 0 Å². The molecular formula is C8H9Cl2N. The molecule has 1 rings (SSSR count). The number of hydrogen-bond donors (Lipinski definition) is 1. The van der Waals surface area contributed by atoms with Crippen LogP contribution >= 0.6 is 23.2 Å². The normalized spacial score (nSPS) is 10.2. The summed E-state index contributed by atoms with van der Waals surface area (Å²) < 4.78 is 0. The fraction of sp³-hybridized carbons (Fsp3) is 0.250. The lowest BCUT2D eigenvalue weighted by atomic mass is 10.1. The van der Waals surface area contributed by atoms with Crippen LogP contribution in [0.5, 0.6) is 0 Å². The van der Waals surface area contributed by atoms with E-state index < -0.39 is 0 Å². The molecule has 1 nitrogen and oxygen atoms in total. The molecule has 0 atom stereocenters. The van der Waals surface area contributed by atoms with Crippen molar-refractivity contribution < 1.29 is 0 Å². The summed E-state index contributed by atoms with van der Waals surface area (Å²) >= 11 is 11.7. The fourth-order valence-corrected chi connectivity index (χ4v) is 1.41. The van der Waals surface area contributed by atoms with Crippen molar-refractivity contribution in [3.05, 3.63) is 33.3 Å². The zero-order chi connectivity index (χ0) is 8.43. The Labute approximate surface area is 76.1 Å². The predicted octanol–water partition coefficient (Wildman–Crippen LogP) is 2.76. The summed E-state index contributed by atoms with van der Waals surface area (Å²) in [6, 6.07) is 3.69. The summed E-state index contributed by atoms with van der Waals surface area (Å²) in [7, 11) is 0. The molecule has 0 amide bonds. The van der Waals surface area contributed by atoms with Crippen LogP contribution in [0.15, 0.2) is 12.1 Å². The van der Waals surface area contributed by atoms with Crippen LogP contribution < -0.4 is 5.73 Å². The van der Waals surface area contributed by atoms with Crippen molar-refractivity contribution in [3.63, 3.8) is 0 Å². The number of halogens is 2. The highest BCUT2D eigenvalue weighted by molar-refractivity contribution is 6.42. The molecular weight excluding hydrogens is 181 g/mol. The van der Waals surface area contributed by atoms with Gasteiger partial charge >= 0.3 is 0 Å². The number of hydrogen-bond acceptors (Lipinski definition) is 1. The van der Waals surface area contributed by atoms with Crippen LogP contribution in [0.2, 0.25) is 10.0 Å². The molecule has 3 heteroatoms. The van der Waals surface area contributed by atoms with E-state index in [1.165, 1.54) is 0 Å². The maximum atomic E-state index is 5.89. The molecule has 0 aliphatic heterocycles. The minimum atomic E-state index is 0.436. The standard InChI is InChI=1S/C8H9Cl2N/c1-5-2-3-7(9)8(10)6(5)4-11/h2-3H,4,11H2,1H3. The SMILES string of the molecule is Cc1ccc(Cl)c(Cl)c1CN. The van der Waals surface area contributed by atoms with Gasteiger partial charge in [-0.1, -0.05) is 29.3 Å². The van der Waals surface area contributed by atoms with Gasteiger partial charge in [-0.2, -0.15) is 0 Å². The van der Waals surface area contributed by atoms with Crippen molar-refractivity contribution in [2.75, 3.05) is 0 Å². The van der Waals surface area contributed by atoms with Gasteiger partial charge in [0.25, 0.3) is 0 Å². The third-order valence-corrected chi connectivity index (χ3v) is 2.48. The minimum Gasteiger partial charge on any atom is -0.326 e. The lowest BCUT2D eigenvalue weighted by Gasteiger charge is -2.05. The van der Waals surface area contributed by atoms with Crippen molar-refractivity contribution in [1.29, 1.82) is 0 Å². The average Bonchev–Trinajstić information content (AvgIpc) is 1.99. The highest BCUT2D eigenvalue weighted by Crippen LogP contribution is 2.27. The molecule has 0 aliphatic rings. The molecule has 11 heavy (non-hydrogen) atoms. The highest BCUT2D eigenvalue weighted by Gasteiger charge is 2.05. The highest BCUT2D eigenvalue weighted by atomic mass is 35.5. The van der Waals surface area contributed by atoms with E-state index in [1.807, 2.05) is 13.0 Å². The molecule has 0 heterocycles. The maximum Gasteiger partial charge on any atom is 0.0639 e. The van der Waals surface area contributed by atoms with Crippen molar-refractivity contribution in [3.8, 4) is 0 Å². The molecule has 1 aromatic carbocycles. The number of nitrogens with two attached hydrogens (primary N) is 1. The first-order valence-corrected chi connectivity index (χ1v) is 4.06. The van der Waals surface area contributed by atoms with Gasteiger partial charge in [-0.05, 0) is 24.1 Å². The third-order valence-electron chi connectivity index (χ3n) is 1.63. The predicted molar refractivity (Wildman–Crippen MR) is 49.1 cm³/mol. The molecule has 0 saturated carbocycles. The number of benzene rings is 1. The summed E-state index contributed by atoms with van der Waals surface area (Å²) in [5.41, 5.74) is 7.49. The molecule has 2 N–H and O–H groups in total. The van der Waals surface area contributed by atoms with Crippen LogP contribution in [0.1, 0.15) is 11.1 Å². The first-order valence-electron chi connectivity index (χ1n) is 3.30. The zero-order valence-corrected chi connectivity index (χ0v) is 7.71. The molecule has 0 aromatic heterocycles. The average molecular weight is 190 g/mol. The van der Waals surface area contributed by atoms with E-state index in [2.05, 4.69) is 0 Å². The van der Waals surface area contributed by atoms with E-state index in [1.54, 1.807) is 6.07 Å². The molecule has 0 fully saturated rings. The quantitative estimate of drug-likeness (QED) is 0.723. The van der Waals surface area contributed by atoms with Crippen molar-refractivity contribution in [1.82, 2.24) is 0 Å². The Kier molecular flexibility index (Phi) is 2.77. The van der Waals surface area contributed by atoms with E-state index in [0.29, 0.717) is 16.6 Å². The van der Waals surface area contributed by atoms with Gasteiger partial charge in [0.2, 0.25) is 0 Å². The molecule has 0 unspecified atom stereocenters. The Balaban J connectivity index is 3.29. The molecule has 0 radical (unpaired) electrons. The van der Waals surface area contributed by atoms with Gasteiger partial charge in [0, 0.05) is 6.54 Å². The second kappa shape index (κ2) is 3.44. The Bertz CT molecular complexity index is 271. The summed E-state index contributed by atoms with van der Waals surface area (Å²) in [6.07, 6.45) is 0. The monoisotopic (exact) mass is 189 g/mol. The Morgan fingerprint density at radius 2 is 2.00 bits per heavy atom. The summed E-state index contributed by atoms with van der Waals surface area (Å²) in [5.74, 6) is 0. The molecule has 0 saturated heterocycles. The lowest BCUT2D eigenvalue weighted by molar-refractivity contribution is 1.05. The van der Waals surface area contributed by atoms with Crippen molar-refractivity contribution in [2.24, 2.45) is 5.73 Å². The van der Waals surface area contributed by atoms with E-state index in [9.17, 15) is 0 Å². The third kappa shape index (κ3) is 1.67. The van der Waals surface area contributed by atoms with E-state index in [0.717, 1.165) is 11.1 Å². The molecule has 0 aliphatic carbocycles. The minimum absolute atomic E-state index is 0.436. The van der Waals surface area contributed by atoms with Crippen LogP contribution in [-0.2, 0) is 6.54 Å². The zero-order valence-electron chi connectivity index (χ0n) is 6.20. The van der Waals surface area contributed by atoms with E-state index >= 15 is 0 Å². The molecule has 1 aromatic rings. The molecule has 60 valence electrons. The first-order chi connectivity index (χ1) is 5.16. The number of aryl methyl sites for hydroxylation is 1. The summed E-state index contributed by atoms with van der Waals surface area (Å²) in [6.45, 7) is 2.40. The van der Waals surface area contributed by atoms with Gasteiger partial charge in [0.05, 0.1) is 10.0 Å². The van der Waals surface area contributed by atoms with Crippen molar-refractivity contribution >= 4 is 23.2 Å². The fourth-order valence-electron chi connectivity index (χ4n) is 0.940. The Morgan fingerprint density at radius 3 is 2.45 bits per heavy atom. The number of rotatable bonds is 1. The van der Waals surface area contributed by atoms with Crippen LogP contribution in [0, 0.1) is 6.92 Å². The molecule has 0 spiro atoms. The largest absolute Gasteiger partial charge is 0.326 e. The van der Waals surface area contributed by atoms with E-state index in [4.69, 9.17) is 28.9 Å². The second-order valence-corrected chi connectivity index (χ2v) is 3.15. The van der Waals surface area contributed by atoms with Crippen LogP contribution in [-0.4, -0.2) is 0 Å². The van der Waals surface area contributed by atoms with Gasteiger partial charge in [-0.15, -0.1) is 0 Å². The summed E-state index contributed by atoms with van der Waals surface area (Å²) in [5, 5.41) is 1.15. The van der Waals surface area contributed by atoms with Gasteiger partial charge in [0.15, 0.2) is 0 Å². The van der Waals surface area contributed by atoms with Gasteiger partial charge < -0.3 is 5.73 Å². The van der Waals surface area contributed by atoms with Crippen LogP contribution in [0.3, 0.4) is 0 Å². The smallest absolute Gasteiger partial charge is 0.0639 e. The topological polar surface area (TPSA) is 26.0 Å². The lowest BCUT2D eigenvalue weighted by Crippen LogP contribution is -2.00. The van der Waals surface area contributed by atoms with Gasteiger partial charge in [-0.3, -0.25) is 0 Å². The second-order valence-electron chi connectivity index (χ2n) is 2.36. The first kappa shape index (κ1) is 8.85. The Hall–Kier alpha value is -0.240. The van der Waals surface area contributed by atoms with Crippen LogP contribution in [0.25, 0.3) is 0 Å². The molecule has 0 bridgehead atoms. The maximum absolute atomic E-state index is 5.89. The van der Waals surface area contributed by atoms with Gasteiger partial charge in [-0.25, -0.2) is 0 Å². The van der Waals surface area contributed by atoms with Crippen LogP contribution in [0.4, 0.5) is 0 Å². The summed E-state index contributed by atoms with van der Waals surface area (Å²) in [4.78, 5) is 0. The van der Waals surface area contributed by atoms with E-state index in [-0.39, 0.29) is 0 Å². The Morgan fingerprint density at radius 1 is 1.36 bits per heavy atom.